The fourth-order valence-corrected chi connectivity index (χ4v) is 4.45. The van der Waals surface area contributed by atoms with Crippen LogP contribution >= 0.6 is 0 Å². The van der Waals surface area contributed by atoms with Crippen LogP contribution in [0.4, 0.5) is 10.1 Å². The van der Waals surface area contributed by atoms with Crippen molar-refractivity contribution in [2.24, 2.45) is 0 Å². The van der Waals surface area contributed by atoms with E-state index in [0.717, 1.165) is 22.2 Å². The second-order valence-corrected chi connectivity index (χ2v) is 11.1. The molecule has 0 saturated carbocycles. The molecule has 0 fully saturated rings. The Morgan fingerprint density at radius 2 is 1.62 bits per heavy atom. The summed E-state index contributed by atoms with van der Waals surface area (Å²) in [5.74, 6) is -1.66. The molecule has 0 radical (unpaired) electrons. The van der Waals surface area contributed by atoms with E-state index in [2.05, 4.69) is 5.32 Å². The van der Waals surface area contributed by atoms with E-state index in [-0.39, 0.29) is 18.1 Å². The first-order valence-corrected chi connectivity index (χ1v) is 13.1. The van der Waals surface area contributed by atoms with Crippen LogP contribution in [0.2, 0.25) is 0 Å². The molecule has 0 bridgehead atoms. The predicted molar refractivity (Wildman–Crippen MR) is 132 cm³/mol. The Morgan fingerprint density at radius 3 is 2.15 bits per heavy atom. The average Bonchev–Trinajstić information content (AvgIpc) is 2.74. The monoisotopic (exact) mass is 491 g/mol. The number of nitrogens with zero attached hydrogens (tertiary/aromatic N) is 2. The predicted octanol–water partition coefficient (Wildman–Crippen LogP) is 3.36. The van der Waals surface area contributed by atoms with Gasteiger partial charge in [-0.3, -0.25) is 13.9 Å². The second kappa shape index (κ2) is 11.5. The maximum Gasteiger partial charge on any atom is 0.244 e. The summed E-state index contributed by atoms with van der Waals surface area (Å²) >= 11 is 0. The SMILES string of the molecule is CC[C@H](C(=O)NC(C)(C)C)N(CCc1ccccc1)C(=O)CN(c1ccccc1F)S(C)(=O)=O. The van der Waals surface area contributed by atoms with E-state index in [9.17, 15) is 22.4 Å². The molecule has 0 aliphatic heterocycles. The van der Waals surface area contributed by atoms with Gasteiger partial charge in [0.2, 0.25) is 21.8 Å². The molecule has 1 N–H and O–H groups in total. The van der Waals surface area contributed by atoms with Crippen molar-refractivity contribution in [2.45, 2.75) is 52.1 Å². The first-order valence-electron chi connectivity index (χ1n) is 11.2. The Labute approximate surface area is 202 Å². The number of amides is 2. The van der Waals surface area contributed by atoms with Crippen molar-refractivity contribution in [2.75, 3.05) is 23.7 Å². The van der Waals surface area contributed by atoms with Crippen LogP contribution in [0.25, 0.3) is 0 Å². The Kier molecular flexibility index (Phi) is 9.21. The van der Waals surface area contributed by atoms with Gasteiger partial charge >= 0.3 is 0 Å². The highest BCUT2D eigenvalue weighted by Crippen LogP contribution is 2.22. The number of benzene rings is 2. The molecule has 2 aromatic rings. The first-order chi connectivity index (χ1) is 15.8. The summed E-state index contributed by atoms with van der Waals surface area (Å²) in [6.07, 6.45) is 1.73. The lowest BCUT2D eigenvalue weighted by Crippen LogP contribution is -2.56. The zero-order chi connectivity index (χ0) is 25.5. The fourth-order valence-electron chi connectivity index (χ4n) is 3.60. The second-order valence-electron chi connectivity index (χ2n) is 9.21. The molecule has 0 aliphatic rings. The number of rotatable bonds is 10. The largest absolute Gasteiger partial charge is 0.350 e. The first kappa shape index (κ1) is 27.3. The lowest BCUT2D eigenvalue weighted by atomic mass is 10.1. The lowest BCUT2D eigenvalue weighted by molar-refractivity contribution is -0.140. The molecule has 0 saturated heterocycles. The molecule has 34 heavy (non-hydrogen) atoms. The van der Waals surface area contributed by atoms with Crippen LogP contribution < -0.4 is 9.62 Å². The highest BCUT2D eigenvalue weighted by atomic mass is 32.2. The number of halogens is 1. The van der Waals surface area contributed by atoms with E-state index in [1.807, 2.05) is 51.1 Å². The third-order valence-corrected chi connectivity index (χ3v) is 6.30. The number of hydrogen-bond acceptors (Lipinski definition) is 4. The molecule has 0 spiro atoms. The normalized spacial score (nSPS) is 12.6. The van der Waals surface area contributed by atoms with Gasteiger partial charge in [-0.05, 0) is 51.3 Å². The van der Waals surface area contributed by atoms with Crippen molar-refractivity contribution < 1.29 is 22.4 Å². The van der Waals surface area contributed by atoms with Gasteiger partial charge in [-0.25, -0.2) is 12.8 Å². The van der Waals surface area contributed by atoms with E-state index in [0.29, 0.717) is 12.8 Å². The van der Waals surface area contributed by atoms with Crippen molar-refractivity contribution in [1.29, 1.82) is 0 Å². The number of hydrogen-bond donors (Lipinski definition) is 1. The summed E-state index contributed by atoms with van der Waals surface area (Å²) in [6.45, 7) is 6.91. The molecule has 1 atom stereocenters. The molecule has 9 heteroatoms. The van der Waals surface area contributed by atoms with Crippen LogP contribution in [0.15, 0.2) is 54.6 Å². The number of para-hydroxylation sites is 1. The summed E-state index contributed by atoms with van der Waals surface area (Å²) in [7, 11) is -3.97. The summed E-state index contributed by atoms with van der Waals surface area (Å²) in [5.41, 5.74) is 0.249. The summed E-state index contributed by atoms with van der Waals surface area (Å²) in [4.78, 5) is 27.9. The van der Waals surface area contributed by atoms with Crippen molar-refractivity contribution in [1.82, 2.24) is 10.2 Å². The lowest BCUT2D eigenvalue weighted by Gasteiger charge is -2.34. The van der Waals surface area contributed by atoms with E-state index < -0.39 is 39.9 Å². The highest BCUT2D eigenvalue weighted by Gasteiger charge is 2.33. The van der Waals surface area contributed by atoms with Gasteiger partial charge in [0.1, 0.15) is 18.4 Å². The molecule has 0 unspecified atom stereocenters. The molecule has 2 amide bonds. The van der Waals surface area contributed by atoms with Crippen LogP contribution in [0.1, 0.15) is 39.7 Å². The van der Waals surface area contributed by atoms with Gasteiger partial charge in [0.15, 0.2) is 0 Å². The topological polar surface area (TPSA) is 86.8 Å². The summed E-state index contributed by atoms with van der Waals surface area (Å²) in [5, 5.41) is 2.90. The fraction of sp³-hybridized carbons (Fsp3) is 0.440. The van der Waals surface area contributed by atoms with Gasteiger partial charge in [-0.15, -0.1) is 0 Å². The zero-order valence-corrected chi connectivity index (χ0v) is 21.2. The van der Waals surface area contributed by atoms with E-state index in [1.54, 1.807) is 6.92 Å². The van der Waals surface area contributed by atoms with Crippen molar-refractivity contribution in [3.8, 4) is 0 Å². The van der Waals surface area contributed by atoms with Crippen LogP contribution in [0.3, 0.4) is 0 Å². The zero-order valence-electron chi connectivity index (χ0n) is 20.4. The number of sulfonamides is 1. The Hall–Kier alpha value is -2.94. The summed E-state index contributed by atoms with van der Waals surface area (Å²) in [6, 6.07) is 14.1. The van der Waals surface area contributed by atoms with E-state index in [4.69, 9.17) is 0 Å². The van der Waals surface area contributed by atoms with Crippen LogP contribution in [0, 0.1) is 5.82 Å². The molecule has 7 nitrogen and oxygen atoms in total. The van der Waals surface area contributed by atoms with Crippen molar-refractivity contribution in [3.63, 3.8) is 0 Å². The molecule has 0 heterocycles. The van der Waals surface area contributed by atoms with Crippen LogP contribution in [-0.2, 0) is 26.0 Å². The average molecular weight is 492 g/mol. The van der Waals surface area contributed by atoms with Gasteiger partial charge in [0.25, 0.3) is 0 Å². The van der Waals surface area contributed by atoms with Gasteiger partial charge in [0, 0.05) is 12.1 Å². The van der Waals surface area contributed by atoms with Crippen molar-refractivity contribution in [3.05, 3.63) is 66.0 Å². The van der Waals surface area contributed by atoms with Gasteiger partial charge in [-0.2, -0.15) is 0 Å². The molecule has 2 rings (SSSR count). The molecular formula is C25H34FN3O4S. The standard InChI is InChI=1S/C25H34FN3O4S/c1-6-21(24(31)27-25(2,3)4)28(17-16-19-12-8-7-9-13-19)23(30)18-29(34(5,32)33)22-15-11-10-14-20(22)26/h7-15,21H,6,16-18H2,1-5H3,(H,27,31)/t21-/m1/s1. The van der Waals surface area contributed by atoms with Crippen molar-refractivity contribution >= 4 is 27.5 Å². The number of nitrogens with one attached hydrogen (secondary N) is 1. The molecule has 0 aromatic heterocycles. The van der Waals surface area contributed by atoms with Gasteiger partial charge < -0.3 is 10.2 Å². The quantitative estimate of drug-likeness (QED) is 0.552. The van der Waals surface area contributed by atoms with Crippen LogP contribution in [-0.4, -0.2) is 56.1 Å². The summed E-state index contributed by atoms with van der Waals surface area (Å²) < 4.78 is 40.2. The maximum absolute atomic E-state index is 14.4. The minimum atomic E-state index is -3.97. The number of carbonyl (C=O) groups excluding carboxylic acids is 2. The minimum absolute atomic E-state index is 0.202. The molecule has 186 valence electrons. The molecular weight excluding hydrogens is 457 g/mol. The maximum atomic E-state index is 14.4. The smallest absolute Gasteiger partial charge is 0.244 e. The molecule has 2 aromatic carbocycles. The Morgan fingerprint density at radius 1 is 1.03 bits per heavy atom. The van der Waals surface area contributed by atoms with Crippen LogP contribution in [0.5, 0.6) is 0 Å². The molecule has 0 aliphatic carbocycles. The van der Waals surface area contributed by atoms with E-state index >= 15 is 0 Å². The number of carbonyl (C=O) groups is 2. The Bertz CT molecular complexity index is 1080. The van der Waals surface area contributed by atoms with Gasteiger partial charge in [-0.1, -0.05) is 49.4 Å². The van der Waals surface area contributed by atoms with Gasteiger partial charge in [0.05, 0.1) is 11.9 Å². The highest BCUT2D eigenvalue weighted by molar-refractivity contribution is 7.92. The number of anilines is 1. The minimum Gasteiger partial charge on any atom is -0.350 e. The van der Waals surface area contributed by atoms with E-state index in [1.165, 1.54) is 23.1 Å². The third kappa shape index (κ3) is 7.83. The third-order valence-electron chi connectivity index (χ3n) is 5.17. The Balaban J connectivity index is 2.39.